The number of nitrogens with one attached hydrogen (secondary N) is 1. The lowest BCUT2D eigenvalue weighted by Crippen LogP contribution is -2.44. The maximum absolute atomic E-state index is 12.6. The van der Waals surface area contributed by atoms with Gasteiger partial charge in [0.2, 0.25) is 11.8 Å². The molecule has 1 N–H and O–H groups in total. The number of aryl methyl sites for hydroxylation is 1. The van der Waals surface area contributed by atoms with E-state index < -0.39 is 0 Å². The number of carbonyl (C=O) groups is 1. The van der Waals surface area contributed by atoms with Crippen LogP contribution >= 0.6 is 0 Å². The lowest BCUT2D eigenvalue weighted by molar-refractivity contribution is -0.126. The van der Waals surface area contributed by atoms with Crippen molar-refractivity contribution < 1.29 is 9.53 Å². The molecule has 1 aromatic rings. The van der Waals surface area contributed by atoms with Gasteiger partial charge in [-0.15, -0.1) is 0 Å². The monoisotopic (exact) mass is 440 g/mol. The Kier molecular flexibility index (Phi) is 8.20. The number of rotatable bonds is 8. The van der Waals surface area contributed by atoms with E-state index in [1.165, 1.54) is 37.9 Å². The topological polar surface area (TPSA) is 57.2 Å². The molecule has 2 atom stereocenters. The summed E-state index contributed by atoms with van der Waals surface area (Å²) in [6.45, 7) is 11.4. The van der Waals surface area contributed by atoms with E-state index in [0.717, 1.165) is 63.4 Å². The molecule has 6 heteroatoms. The highest BCUT2D eigenvalue weighted by atomic mass is 16.5. The van der Waals surface area contributed by atoms with E-state index >= 15 is 0 Å². The molecular weight excluding hydrogens is 400 g/mol. The molecule has 3 heterocycles. The fraction of sp³-hybridized carbons (Fsp3) is 0.692. The van der Waals surface area contributed by atoms with Gasteiger partial charge in [0.15, 0.2) is 0 Å². The summed E-state index contributed by atoms with van der Waals surface area (Å²) in [6.07, 6.45) is 7.06. The Hall–Kier alpha value is -1.92. The Labute approximate surface area is 193 Å². The van der Waals surface area contributed by atoms with Crippen molar-refractivity contribution in [2.45, 2.75) is 64.5 Å². The molecule has 1 aromatic carbocycles. The third kappa shape index (κ3) is 6.10. The van der Waals surface area contributed by atoms with Crippen molar-refractivity contribution in [3.63, 3.8) is 0 Å². The van der Waals surface area contributed by atoms with Crippen molar-refractivity contribution in [1.82, 2.24) is 15.1 Å². The number of aliphatic imine (C=N–C) groups is 1. The molecule has 0 spiro atoms. The number of ether oxygens (including phenoxy) is 1. The van der Waals surface area contributed by atoms with Gasteiger partial charge in [0.1, 0.15) is 12.1 Å². The van der Waals surface area contributed by atoms with E-state index in [2.05, 4.69) is 41.1 Å². The van der Waals surface area contributed by atoms with Gasteiger partial charge in [0.25, 0.3) is 0 Å². The third-order valence-electron chi connectivity index (χ3n) is 7.30. The largest absolute Gasteiger partial charge is 0.472 e. The lowest BCUT2D eigenvalue weighted by Gasteiger charge is -2.32. The van der Waals surface area contributed by atoms with Gasteiger partial charge in [-0.25, -0.2) is 4.99 Å². The molecule has 3 aliphatic rings. The standard InChI is InChI=1S/C26H40N4O2/c1-20-9-4-5-10-23(20)26-28-24(21(2)32-26)19-30-17-11-22(12-18-30)25(31)27-13-8-16-29-14-6-3-7-15-29/h4-5,9-10,21-22,24H,3,6-8,11-19H2,1-2H3,(H,27,31). The summed E-state index contributed by atoms with van der Waals surface area (Å²) in [6, 6.07) is 8.42. The first-order valence-electron chi connectivity index (χ1n) is 12.6. The van der Waals surface area contributed by atoms with E-state index in [9.17, 15) is 4.79 Å². The summed E-state index contributed by atoms with van der Waals surface area (Å²) in [5.74, 6) is 1.18. The highest BCUT2D eigenvalue weighted by Gasteiger charge is 2.32. The van der Waals surface area contributed by atoms with Crippen LogP contribution in [0.1, 0.15) is 56.6 Å². The van der Waals surface area contributed by atoms with Crippen LogP contribution in [0.4, 0.5) is 0 Å². The summed E-state index contributed by atoms with van der Waals surface area (Å²) in [5, 5.41) is 3.19. The van der Waals surface area contributed by atoms with Crippen molar-refractivity contribution in [2.75, 3.05) is 45.8 Å². The summed E-state index contributed by atoms with van der Waals surface area (Å²) in [5.41, 5.74) is 2.29. The Balaban J connectivity index is 1.17. The Bertz CT molecular complexity index is 782. The van der Waals surface area contributed by atoms with E-state index in [4.69, 9.17) is 9.73 Å². The number of piperidine rings is 2. The van der Waals surface area contributed by atoms with Crippen LogP contribution in [-0.4, -0.2) is 79.6 Å². The van der Waals surface area contributed by atoms with Gasteiger partial charge < -0.3 is 19.9 Å². The van der Waals surface area contributed by atoms with E-state index in [0.29, 0.717) is 0 Å². The molecule has 0 aliphatic carbocycles. The van der Waals surface area contributed by atoms with E-state index in [1.54, 1.807) is 0 Å². The number of carbonyl (C=O) groups excluding carboxylic acids is 1. The zero-order chi connectivity index (χ0) is 22.3. The van der Waals surface area contributed by atoms with Crippen molar-refractivity contribution in [3.05, 3.63) is 35.4 Å². The SMILES string of the molecule is Cc1ccccc1C1=NC(CN2CCC(C(=O)NCCCN3CCCCC3)CC2)C(C)O1. The number of likely N-dealkylation sites (tertiary alicyclic amines) is 2. The van der Waals surface area contributed by atoms with Crippen LogP contribution in [0, 0.1) is 12.8 Å². The fourth-order valence-electron chi connectivity index (χ4n) is 5.16. The van der Waals surface area contributed by atoms with E-state index in [1.807, 2.05) is 12.1 Å². The molecule has 32 heavy (non-hydrogen) atoms. The molecule has 2 unspecified atom stereocenters. The second-order valence-electron chi connectivity index (χ2n) is 9.76. The lowest BCUT2D eigenvalue weighted by atomic mass is 9.95. The van der Waals surface area contributed by atoms with Crippen molar-refractivity contribution in [1.29, 1.82) is 0 Å². The van der Waals surface area contributed by atoms with Crippen LogP contribution < -0.4 is 5.32 Å². The zero-order valence-corrected chi connectivity index (χ0v) is 19.9. The molecule has 6 nitrogen and oxygen atoms in total. The Morgan fingerprint density at radius 1 is 1.09 bits per heavy atom. The van der Waals surface area contributed by atoms with Crippen LogP contribution in [0.2, 0.25) is 0 Å². The number of benzene rings is 1. The summed E-state index contributed by atoms with van der Waals surface area (Å²) in [7, 11) is 0. The van der Waals surface area contributed by atoms with Crippen LogP contribution in [0.3, 0.4) is 0 Å². The molecule has 3 aliphatic heterocycles. The minimum Gasteiger partial charge on any atom is -0.472 e. The number of hydrogen-bond donors (Lipinski definition) is 1. The predicted molar refractivity (Wildman–Crippen MR) is 129 cm³/mol. The summed E-state index contributed by atoms with van der Waals surface area (Å²) >= 11 is 0. The molecular formula is C26H40N4O2. The van der Waals surface area contributed by atoms with Crippen LogP contribution in [0.25, 0.3) is 0 Å². The van der Waals surface area contributed by atoms with Gasteiger partial charge in [-0.2, -0.15) is 0 Å². The van der Waals surface area contributed by atoms with Gasteiger partial charge in [-0.1, -0.05) is 24.6 Å². The minimum absolute atomic E-state index is 0.0885. The molecule has 0 saturated carbocycles. The van der Waals surface area contributed by atoms with Crippen LogP contribution in [-0.2, 0) is 9.53 Å². The van der Waals surface area contributed by atoms with Crippen molar-refractivity contribution in [3.8, 4) is 0 Å². The van der Waals surface area contributed by atoms with Crippen molar-refractivity contribution >= 4 is 11.8 Å². The van der Waals surface area contributed by atoms with Crippen LogP contribution in [0.5, 0.6) is 0 Å². The molecule has 0 radical (unpaired) electrons. The zero-order valence-electron chi connectivity index (χ0n) is 19.9. The summed E-state index contributed by atoms with van der Waals surface area (Å²) in [4.78, 5) is 22.5. The predicted octanol–water partition coefficient (Wildman–Crippen LogP) is 3.23. The maximum atomic E-state index is 12.6. The molecule has 0 aromatic heterocycles. The number of hydrogen-bond acceptors (Lipinski definition) is 5. The highest BCUT2D eigenvalue weighted by Crippen LogP contribution is 2.23. The van der Waals surface area contributed by atoms with E-state index in [-0.39, 0.29) is 24.0 Å². The third-order valence-corrected chi connectivity index (χ3v) is 7.30. The molecule has 2 saturated heterocycles. The average molecular weight is 441 g/mol. The van der Waals surface area contributed by atoms with Gasteiger partial charge in [-0.3, -0.25) is 4.79 Å². The second-order valence-corrected chi connectivity index (χ2v) is 9.76. The molecule has 4 rings (SSSR count). The first kappa shape index (κ1) is 23.2. The summed E-state index contributed by atoms with van der Waals surface area (Å²) < 4.78 is 6.10. The number of amides is 1. The highest BCUT2D eigenvalue weighted by molar-refractivity contribution is 5.96. The second kappa shape index (κ2) is 11.3. The van der Waals surface area contributed by atoms with Crippen molar-refractivity contribution in [2.24, 2.45) is 10.9 Å². The van der Waals surface area contributed by atoms with Crippen LogP contribution in [0.15, 0.2) is 29.3 Å². The van der Waals surface area contributed by atoms with Gasteiger partial charge >= 0.3 is 0 Å². The molecule has 2 fully saturated rings. The first-order valence-corrected chi connectivity index (χ1v) is 12.6. The Morgan fingerprint density at radius 2 is 1.84 bits per heavy atom. The van der Waals surface area contributed by atoms with Gasteiger partial charge in [0.05, 0.1) is 0 Å². The minimum atomic E-state index is 0.0885. The normalized spacial score (nSPS) is 25.4. The smallest absolute Gasteiger partial charge is 0.223 e. The first-order chi connectivity index (χ1) is 15.6. The average Bonchev–Trinajstić information content (AvgIpc) is 3.18. The van der Waals surface area contributed by atoms with Gasteiger partial charge in [0, 0.05) is 24.6 Å². The molecule has 176 valence electrons. The fourth-order valence-corrected chi connectivity index (χ4v) is 5.16. The molecule has 0 bridgehead atoms. The Morgan fingerprint density at radius 3 is 2.59 bits per heavy atom. The van der Waals surface area contributed by atoms with Gasteiger partial charge in [-0.05, 0) is 90.3 Å². The molecule has 1 amide bonds. The number of nitrogens with zero attached hydrogens (tertiary/aromatic N) is 3. The maximum Gasteiger partial charge on any atom is 0.223 e. The quantitative estimate of drug-likeness (QED) is 0.631.